The largest absolute Gasteiger partial charge is 0.545 e. The van der Waals surface area contributed by atoms with Crippen LogP contribution in [0.3, 0.4) is 0 Å². The van der Waals surface area contributed by atoms with Crippen LogP contribution in [0.5, 0.6) is 0 Å². The summed E-state index contributed by atoms with van der Waals surface area (Å²) in [5, 5.41) is 0.215. The normalized spacial score (nSPS) is 28.1. The lowest BCUT2D eigenvalue weighted by molar-refractivity contribution is -0.160. The molecular weight excluding hydrogens is 372 g/mol. The predicted octanol–water partition coefficient (Wildman–Crippen LogP) is 5.96. The van der Waals surface area contributed by atoms with Gasteiger partial charge in [-0.2, -0.15) is 0 Å². The van der Waals surface area contributed by atoms with Crippen LogP contribution in [-0.4, -0.2) is 48.7 Å². The van der Waals surface area contributed by atoms with Gasteiger partial charge in [0.25, 0.3) is 0 Å². The Labute approximate surface area is 170 Å². The summed E-state index contributed by atoms with van der Waals surface area (Å²) in [5.41, 5.74) is 0. The van der Waals surface area contributed by atoms with Crippen LogP contribution in [0.1, 0.15) is 48.5 Å². The van der Waals surface area contributed by atoms with Crippen LogP contribution in [0, 0.1) is 5.92 Å². The number of rotatable bonds is 6. The van der Waals surface area contributed by atoms with Crippen molar-refractivity contribution in [2.45, 2.75) is 103 Å². The molecule has 1 fully saturated rings. The summed E-state index contributed by atoms with van der Waals surface area (Å²) in [5.74, 6) is 0.959. The molecule has 0 bridgehead atoms. The predicted molar refractivity (Wildman–Crippen MR) is 119 cm³/mol. The molecule has 4 atom stereocenters. The highest BCUT2D eigenvalue weighted by Crippen LogP contribution is 2.42. The van der Waals surface area contributed by atoms with E-state index in [1.54, 1.807) is 7.11 Å². The summed E-state index contributed by atoms with van der Waals surface area (Å²) in [6.07, 6.45) is -0.524. The number of ether oxygens (including phenoxy) is 2. The molecule has 1 heterocycles. The monoisotopic (exact) mass is 416 g/mol. The summed E-state index contributed by atoms with van der Waals surface area (Å²) in [7, 11) is -2.23. The maximum atomic E-state index is 6.81. The molecule has 0 aromatic carbocycles. The van der Waals surface area contributed by atoms with Gasteiger partial charge in [-0.15, -0.1) is 0 Å². The zero-order chi connectivity index (χ0) is 21.4. The lowest BCUT2D eigenvalue weighted by Crippen LogP contribution is -2.58. The van der Waals surface area contributed by atoms with E-state index in [4.69, 9.17) is 18.3 Å². The Hall–Kier alpha value is -0.146. The maximum Gasteiger partial charge on any atom is 0.250 e. The zero-order valence-electron chi connectivity index (χ0n) is 19.9. The average Bonchev–Trinajstić information content (AvgIpc) is 2.44. The Balaban J connectivity index is 3.16. The van der Waals surface area contributed by atoms with Crippen LogP contribution in [0.15, 0.2) is 12.3 Å². The van der Waals surface area contributed by atoms with Crippen molar-refractivity contribution in [3.8, 4) is 0 Å². The van der Waals surface area contributed by atoms with Crippen molar-refractivity contribution in [1.82, 2.24) is 0 Å². The summed E-state index contributed by atoms with van der Waals surface area (Å²) >= 11 is 0. The van der Waals surface area contributed by atoms with Gasteiger partial charge in [-0.3, -0.25) is 0 Å². The van der Waals surface area contributed by atoms with Crippen molar-refractivity contribution >= 4 is 16.6 Å². The SMILES string of the molecule is C=C(O[Si](C)(C)C(C)(C)C)[C@@H]1OCC(C)C(OC)C1O[Si](C)(C)C(C)(C)C. The van der Waals surface area contributed by atoms with E-state index in [0.717, 1.165) is 0 Å². The molecule has 1 aliphatic heterocycles. The smallest absolute Gasteiger partial charge is 0.250 e. The summed E-state index contributed by atoms with van der Waals surface area (Å²) in [4.78, 5) is 0. The molecule has 1 saturated heterocycles. The first-order valence-corrected chi connectivity index (χ1v) is 16.0. The van der Waals surface area contributed by atoms with E-state index in [9.17, 15) is 0 Å². The van der Waals surface area contributed by atoms with Gasteiger partial charge in [0.2, 0.25) is 8.32 Å². The zero-order valence-corrected chi connectivity index (χ0v) is 21.9. The van der Waals surface area contributed by atoms with Crippen LogP contribution < -0.4 is 0 Å². The first-order chi connectivity index (χ1) is 11.9. The highest BCUT2D eigenvalue weighted by molar-refractivity contribution is 6.74. The molecule has 0 radical (unpaired) electrons. The van der Waals surface area contributed by atoms with Crippen molar-refractivity contribution in [2.24, 2.45) is 5.92 Å². The molecule has 0 spiro atoms. The fourth-order valence-corrected chi connectivity index (χ4v) is 5.14. The van der Waals surface area contributed by atoms with Crippen LogP contribution in [-0.2, 0) is 18.3 Å². The fraction of sp³-hybridized carbons (Fsp3) is 0.905. The maximum absolute atomic E-state index is 6.81. The van der Waals surface area contributed by atoms with Crippen molar-refractivity contribution in [3.63, 3.8) is 0 Å². The Kier molecular flexibility index (Phi) is 7.66. The molecular formula is C21H44O4Si2. The minimum absolute atomic E-state index is 0.0300. The second kappa shape index (κ2) is 8.30. The van der Waals surface area contributed by atoms with Gasteiger partial charge in [0, 0.05) is 13.0 Å². The van der Waals surface area contributed by atoms with Crippen molar-refractivity contribution in [3.05, 3.63) is 12.3 Å². The van der Waals surface area contributed by atoms with Crippen molar-refractivity contribution < 1.29 is 18.3 Å². The van der Waals surface area contributed by atoms with Gasteiger partial charge in [0.05, 0.1) is 12.7 Å². The minimum atomic E-state index is -2.01. The first kappa shape index (κ1) is 24.9. The second-order valence-electron chi connectivity index (χ2n) is 11.1. The molecule has 1 rings (SSSR count). The quantitative estimate of drug-likeness (QED) is 0.395. The van der Waals surface area contributed by atoms with E-state index >= 15 is 0 Å². The van der Waals surface area contributed by atoms with E-state index in [1.165, 1.54) is 0 Å². The minimum Gasteiger partial charge on any atom is -0.545 e. The molecule has 0 amide bonds. The molecule has 160 valence electrons. The highest BCUT2D eigenvalue weighted by atomic mass is 28.4. The third-order valence-electron chi connectivity index (χ3n) is 6.74. The standard InChI is InChI=1S/C21H44O4Si2/c1-15-14-23-18(16(2)24-26(10,11)20(3,4)5)19(17(15)22-9)25-27(12,13)21(6,7)8/h15,17-19H,2,14H2,1,3-13H3/t15?,17?,18-,19?/m0/s1. The van der Waals surface area contributed by atoms with Gasteiger partial charge < -0.3 is 18.3 Å². The van der Waals surface area contributed by atoms with Crippen LogP contribution in [0.4, 0.5) is 0 Å². The van der Waals surface area contributed by atoms with Gasteiger partial charge in [-0.1, -0.05) is 55.0 Å². The first-order valence-electron chi connectivity index (χ1n) is 10.1. The van der Waals surface area contributed by atoms with E-state index in [-0.39, 0.29) is 34.3 Å². The number of hydrogen-bond acceptors (Lipinski definition) is 4. The summed E-state index contributed by atoms with van der Waals surface area (Å²) in [6, 6.07) is 0. The van der Waals surface area contributed by atoms with Crippen molar-refractivity contribution in [2.75, 3.05) is 13.7 Å². The topological polar surface area (TPSA) is 36.9 Å². The van der Waals surface area contributed by atoms with Gasteiger partial charge in [0.15, 0.2) is 8.32 Å². The molecule has 3 unspecified atom stereocenters. The van der Waals surface area contributed by atoms with Crippen molar-refractivity contribution in [1.29, 1.82) is 0 Å². The molecule has 27 heavy (non-hydrogen) atoms. The van der Waals surface area contributed by atoms with Crippen LogP contribution in [0.2, 0.25) is 36.3 Å². The average molecular weight is 417 g/mol. The third-order valence-corrected chi connectivity index (χ3v) is 15.6. The Morgan fingerprint density at radius 3 is 1.81 bits per heavy atom. The molecule has 0 aromatic heterocycles. The molecule has 4 nitrogen and oxygen atoms in total. The van der Waals surface area contributed by atoms with E-state index < -0.39 is 16.6 Å². The highest BCUT2D eigenvalue weighted by Gasteiger charge is 2.49. The Morgan fingerprint density at radius 1 is 0.926 bits per heavy atom. The molecule has 0 aliphatic carbocycles. The van der Waals surface area contributed by atoms with Gasteiger partial charge in [-0.25, -0.2) is 0 Å². The summed E-state index contributed by atoms with van der Waals surface area (Å²) in [6.45, 7) is 29.5. The van der Waals surface area contributed by atoms with E-state index in [0.29, 0.717) is 12.4 Å². The van der Waals surface area contributed by atoms with Gasteiger partial charge >= 0.3 is 0 Å². The lowest BCUT2D eigenvalue weighted by atomic mass is 9.93. The molecule has 1 aliphatic rings. The van der Waals surface area contributed by atoms with Gasteiger partial charge in [0.1, 0.15) is 18.0 Å². The fourth-order valence-electron chi connectivity index (χ4n) is 2.77. The van der Waals surface area contributed by atoms with Gasteiger partial charge in [-0.05, 0) is 36.3 Å². The Bertz CT molecular complexity index is 517. The number of hydrogen-bond donors (Lipinski definition) is 0. The molecule has 0 N–H and O–H groups in total. The lowest BCUT2D eigenvalue weighted by Gasteiger charge is -2.48. The Morgan fingerprint density at radius 2 is 1.41 bits per heavy atom. The van der Waals surface area contributed by atoms with Crippen LogP contribution >= 0.6 is 0 Å². The third kappa shape index (κ3) is 5.69. The van der Waals surface area contributed by atoms with E-state index in [2.05, 4.69) is 81.2 Å². The molecule has 0 aromatic rings. The number of methoxy groups -OCH3 is 1. The van der Waals surface area contributed by atoms with Crippen LogP contribution in [0.25, 0.3) is 0 Å². The van der Waals surface area contributed by atoms with E-state index in [1.807, 2.05) is 0 Å². The second-order valence-corrected chi connectivity index (χ2v) is 20.6. The molecule has 0 saturated carbocycles. The molecule has 6 heteroatoms. The summed E-state index contributed by atoms with van der Waals surface area (Å²) < 4.78 is 25.4.